The largest absolute Gasteiger partial charge is 0.370 e. The van der Waals surface area contributed by atoms with Crippen molar-refractivity contribution in [2.75, 3.05) is 11.9 Å². The van der Waals surface area contributed by atoms with Gasteiger partial charge in [-0.3, -0.25) is 9.36 Å². The van der Waals surface area contributed by atoms with Gasteiger partial charge in [0.05, 0.1) is 17.4 Å². The van der Waals surface area contributed by atoms with Crippen LogP contribution in [-0.2, 0) is 6.54 Å². The Morgan fingerprint density at radius 1 is 1.04 bits per heavy atom. The molecular formula is C18H19N3O2. The molecule has 3 aromatic rings. The van der Waals surface area contributed by atoms with E-state index in [9.17, 15) is 9.59 Å². The first-order chi connectivity index (χ1) is 11.1. The number of benzene rings is 2. The van der Waals surface area contributed by atoms with Crippen LogP contribution in [0.15, 0.2) is 64.2 Å². The molecule has 1 N–H and O–H groups in total. The molecule has 1 aromatic heterocycles. The van der Waals surface area contributed by atoms with Gasteiger partial charge in [-0.1, -0.05) is 30.3 Å². The van der Waals surface area contributed by atoms with Crippen molar-refractivity contribution in [3.05, 3.63) is 75.4 Å². The quantitative estimate of drug-likeness (QED) is 0.804. The Balaban J connectivity index is 1.95. The monoisotopic (exact) mass is 309 g/mol. The molecule has 1 atom stereocenters. The molecule has 0 saturated heterocycles. The molecule has 0 saturated carbocycles. The van der Waals surface area contributed by atoms with E-state index in [0.717, 1.165) is 5.69 Å². The van der Waals surface area contributed by atoms with Gasteiger partial charge in [0.25, 0.3) is 5.56 Å². The summed E-state index contributed by atoms with van der Waals surface area (Å²) in [5, 5.41) is 0.529. The first-order valence-corrected chi connectivity index (χ1v) is 7.57. The first kappa shape index (κ1) is 15.1. The van der Waals surface area contributed by atoms with Crippen LogP contribution in [0.2, 0.25) is 0 Å². The van der Waals surface area contributed by atoms with Gasteiger partial charge in [0.1, 0.15) is 0 Å². The second-order valence-electron chi connectivity index (χ2n) is 5.69. The number of anilines is 1. The van der Waals surface area contributed by atoms with E-state index in [1.807, 2.05) is 44.3 Å². The van der Waals surface area contributed by atoms with E-state index < -0.39 is 0 Å². The van der Waals surface area contributed by atoms with E-state index in [0.29, 0.717) is 17.4 Å². The fraction of sp³-hybridized carbons (Fsp3) is 0.222. The molecule has 5 heteroatoms. The fourth-order valence-electron chi connectivity index (χ4n) is 2.67. The first-order valence-electron chi connectivity index (χ1n) is 7.57. The van der Waals surface area contributed by atoms with Gasteiger partial charge in [-0.05, 0) is 31.2 Å². The van der Waals surface area contributed by atoms with Crippen molar-refractivity contribution in [3.8, 4) is 0 Å². The molecule has 0 spiro atoms. The third-order valence-corrected chi connectivity index (χ3v) is 4.16. The Morgan fingerprint density at radius 2 is 1.70 bits per heavy atom. The Morgan fingerprint density at radius 3 is 2.43 bits per heavy atom. The van der Waals surface area contributed by atoms with Crippen LogP contribution in [-0.4, -0.2) is 22.6 Å². The summed E-state index contributed by atoms with van der Waals surface area (Å²) in [5.41, 5.74) is 0.993. The van der Waals surface area contributed by atoms with Gasteiger partial charge in [0, 0.05) is 18.8 Å². The number of aromatic nitrogens is 2. The maximum absolute atomic E-state index is 12.6. The van der Waals surface area contributed by atoms with Gasteiger partial charge >= 0.3 is 5.69 Å². The van der Waals surface area contributed by atoms with E-state index >= 15 is 0 Å². The number of H-pyrrole nitrogens is 1. The maximum atomic E-state index is 12.6. The van der Waals surface area contributed by atoms with Crippen LogP contribution in [0.25, 0.3) is 10.9 Å². The summed E-state index contributed by atoms with van der Waals surface area (Å²) >= 11 is 0. The second kappa shape index (κ2) is 6.12. The number of aromatic amines is 1. The van der Waals surface area contributed by atoms with Crippen LogP contribution in [0, 0.1) is 0 Å². The summed E-state index contributed by atoms with van der Waals surface area (Å²) in [5.74, 6) is 0. The van der Waals surface area contributed by atoms with E-state index in [4.69, 9.17) is 0 Å². The van der Waals surface area contributed by atoms with Gasteiger partial charge in [-0.15, -0.1) is 0 Å². The van der Waals surface area contributed by atoms with Crippen molar-refractivity contribution in [2.24, 2.45) is 0 Å². The van der Waals surface area contributed by atoms with Crippen LogP contribution >= 0.6 is 0 Å². The minimum absolute atomic E-state index is 0.00244. The summed E-state index contributed by atoms with van der Waals surface area (Å²) in [6, 6.07) is 17.0. The zero-order chi connectivity index (χ0) is 16.4. The highest BCUT2D eigenvalue weighted by Gasteiger charge is 2.14. The zero-order valence-corrected chi connectivity index (χ0v) is 13.2. The number of para-hydroxylation sites is 2. The van der Waals surface area contributed by atoms with Crippen LogP contribution in [0.1, 0.15) is 6.92 Å². The summed E-state index contributed by atoms with van der Waals surface area (Å²) in [7, 11) is 1.96. The number of nitrogens with one attached hydrogen (secondary N) is 1. The molecule has 23 heavy (non-hydrogen) atoms. The topological polar surface area (TPSA) is 58.1 Å². The number of rotatable bonds is 4. The van der Waals surface area contributed by atoms with Crippen LogP contribution < -0.4 is 16.1 Å². The van der Waals surface area contributed by atoms with Gasteiger partial charge in [-0.25, -0.2) is 4.79 Å². The molecule has 0 bridgehead atoms. The van der Waals surface area contributed by atoms with Crippen molar-refractivity contribution in [1.29, 1.82) is 0 Å². The highest BCUT2D eigenvalue weighted by Crippen LogP contribution is 2.14. The molecular weight excluding hydrogens is 290 g/mol. The van der Waals surface area contributed by atoms with Gasteiger partial charge in [-0.2, -0.15) is 0 Å². The Bertz CT molecular complexity index is 928. The van der Waals surface area contributed by atoms with Crippen molar-refractivity contribution >= 4 is 16.6 Å². The van der Waals surface area contributed by atoms with E-state index in [1.54, 1.807) is 24.3 Å². The fourth-order valence-corrected chi connectivity index (χ4v) is 2.67. The average molecular weight is 309 g/mol. The molecule has 1 heterocycles. The van der Waals surface area contributed by atoms with Crippen LogP contribution in [0.4, 0.5) is 5.69 Å². The van der Waals surface area contributed by atoms with E-state index in [2.05, 4.69) is 9.88 Å². The predicted octanol–water partition coefficient (Wildman–Crippen LogP) is 2.21. The smallest absolute Gasteiger partial charge is 0.328 e. The third-order valence-electron chi connectivity index (χ3n) is 4.16. The molecule has 2 aromatic carbocycles. The summed E-state index contributed by atoms with van der Waals surface area (Å²) in [6.07, 6.45) is 0. The van der Waals surface area contributed by atoms with E-state index in [-0.39, 0.29) is 17.3 Å². The molecule has 0 aliphatic carbocycles. The third kappa shape index (κ3) is 2.90. The molecule has 3 rings (SSSR count). The van der Waals surface area contributed by atoms with Crippen molar-refractivity contribution in [2.45, 2.75) is 19.5 Å². The predicted molar refractivity (Wildman–Crippen MR) is 93.1 cm³/mol. The zero-order valence-electron chi connectivity index (χ0n) is 13.2. The maximum Gasteiger partial charge on any atom is 0.328 e. The average Bonchev–Trinajstić information content (AvgIpc) is 2.58. The van der Waals surface area contributed by atoms with Crippen molar-refractivity contribution in [3.63, 3.8) is 0 Å². The lowest BCUT2D eigenvalue weighted by Crippen LogP contribution is -2.42. The minimum atomic E-state index is -0.373. The van der Waals surface area contributed by atoms with Crippen molar-refractivity contribution < 1.29 is 0 Å². The molecule has 118 valence electrons. The highest BCUT2D eigenvalue weighted by molar-refractivity contribution is 5.76. The summed E-state index contributed by atoms with van der Waals surface area (Å²) < 4.78 is 1.27. The lowest BCUT2D eigenvalue weighted by Gasteiger charge is -2.27. The number of hydrogen-bond acceptors (Lipinski definition) is 3. The van der Waals surface area contributed by atoms with Crippen molar-refractivity contribution in [1.82, 2.24) is 9.55 Å². The van der Waals surface area contributed by atoms with Gasteiger partial charge < -0.3 is 9.88 Å². The number of likely N-dealkylation sites (N-methyl/N-ethyl adjacent to an activating group) is 1. The van der Waals surface area contributed by atoms with Crippen LogP contribution in [0.3, 0.4) is 0 Å². The Hall–Kier alpha value is -2.82. The highest BCUT2D eigenvalue weighted by atomic mass is 16.2. The number of nitrogens with zero attached hydrogens (tertiary/aromatic N) is 2. The number of hydrogen-bond donors (Lipinski definition) is 1. The number of fused-ring (bicyclic) bond motifs is 1. The molecule has 0 fully saturated rings. The summed E-state index contributed by atoms with van der Waals surface area (Å²) in [4.78, 5) is 29.6. The van der Waals surface area contributed by atoms with Crippen LogP contribution in [0.5, 0.6) is 0 Å². The van der Waals surface area contributed by atoms with Gasteiger partial charge in [0.2, 0.25) is 0 Å². The minimum Gasteiger partial charge on any atom is -0.370 e. The standard InChI is InChI=1S/C18H19N3O2/c1-13(20(2)14-8-4-3-5-9-14)12-21-17(22)15-10-6-7-11-16(15)19-18(21)23/h3-11,13H,12H2,1-2H3,(H,19,23)/t13-/m0/s1. The summed E-state index contributed by atoms with van der Waals surface area (Å²) in [6.45, 7) is 2.32. The van der Waals surface area contributed by atoms with Gasteiger partial charge in [0.15, 0.2) is 0 Å². The Kier molecular flexibility index (Phi) is 4.02. The molecule has 0 amide bonds. The molecule has 0 radical (unpaired) electrons. The molecule has 0 aliphatic heterocycles. The second-order valence-corrected chi connectivity index (χ2v) is 5.69. The molecule has 0 unspecified atom stereocenters. The van der Waals surface area contributed by atoms with E-state index in [1.165, 1.54) is 4.57 Å². The molecule has 5 nitrogen and oxygen atoms in total. The normalized spacial score (nSPS) is 12.3. The Labute approximate surface area is 133 Å². The lowest BCUT2D eigenvalue weighted by molar-refractivity contribution is 0.534. The molecule has 0 aliphatic rings. The SMILES string of the molecule is C[C@@H](Cn1c(=O)[nH]c2ccccc2c1=O)N(C)c1ccccc1. The lowest BCUT2D eigenvalue weighted by atomic mass is 10.2.